The van der Waals surface area contributed by atoms with Crippen molar-refractivity contribution in [3.63, 3.8) is 0 Å². The predicted molar refractivity (Wildman–Crippen MR) is 84.4 cm³/mol. The van der Waals surface area contributed by atoms with Crippen LogP contribution in [-0.2, 0) is 11.8 Å². The maximum Gasteiger partial charge on any atom is 0.123 e. The Morgan fingerprint density at radius 1 is 1.00 bits per heavy atom. The van der Waals surface area contributed by atoms with Gasteiger partial charge in [0.1, 0.15) is 5.82 Å². The largest absolute Gasteiger partial charge is 0.207 e. The number of alkyl halides is 2. The van der Waals surface area contributed by atoms with Crippen LogP contribution >= 0.6 is 23.2 Å². The van der Waals surface area contributed by atoms with Gasteiger partial charge in [0.15, 0.2) is 0 Å². The molecule has 0 radical (unpaired) electrons. The summed E-state index contributed by atoms with van der Waals surface area (Å²) in [4.78, 5) is 0. The molecule has 2 aromatic rings. The van der Waals surface area contributed by atoms with Gasteiger partial charge in [-0.1, -0.05) is 42.0 Å². The van der Waals surface area contributed by atoms with E-state index in [4.69, 9.17) is 23.2 Å². The van der Waals surface area contributed by atoms with Crippen molar-refractivity contribution in [3.05, 3.63) is 71.0 Å². The highest BCUT2D eigenvalue weighted by Gasteiger charge is 2.31. The minimum absolute atomic E-state index is 0.232. The molecule has 0 heterocycles. The van der Waals surface area contributed by atoms with E-state index >= 15 is 0 Å². The highest BCUT2D eigenvalue weighted by molar-refractivity contribution is 6.22. The van der Waals surface area contributed by atoms with E-state index in [2.05, 4.69) is 24.3 Å². The van der Waals surface area contributed by atoms with Crippen LogP contribution in [0.5, 0.6) is 0 Å². The van der Waals surface area contributed by atoms with Gasteiger partial charge in [-0.05, 0) is 36.6 Å². The Bertz CT molecular complexity index is 559. The van der Waals surface area contributed by atoms with Gasteiger partial charge in [0.2, 0.25) is 0 Å². The van der Waals surface area contributed by atoms with E-state index in [1.54, 1.807) is 12.1 Å². The maximum absolute atomic E-state index is 13.3. The van der Waals surface area contributed by atoms with Crippen molar-refractivity contribution < 1.29 is 4.39 Å². The van der Waals surface area contributed by atoms with Crippen molar-refractivity contribution in [3.8, 4) is 0 Å². The van der Waals surface area contributed by atoms with Gasteiger partial charge in [0.25, 0.3) is 0 Å². The van der Waals surface area contributed by atoms with E-state index in [1.165, 1.54) is 11.6 Å². The number of benzene rings is 2. The molecule has 0 unspecified atom stereocenters. The molecule has 20 heavy (non-hydrogen) atoms. The van der Waals surface area contributed by atoms with Gasteiger partial charge in [-0.15, -0.1) is 23.2 Å². The van der Waals surface area contributed by atoms with Crippen LogP contribution in [0.1, 0.15) is 16.7 Å². The Kier molecular flexibility index (Phi) is 5.06. The molecule has 2 rings (SSSR count). The third-order valence-electron chi connectivity index (χ3n) is 3.61. The topological polar surface area (TPSA) is 0 Å². The van der Waals surface area contributed by atoms with Gasteiger partial charge in [0.05, 0.1) is 0 Å². The summed E-state index contributed by atoms with van der Waals surface area (Å²) < 4.78 is 13.3. The van der Waals surface area contributed by atoms with Crippen molar-refractivity contribution in [2.24, 2.45) is 0 Å². The summed E-state index contributed by atoms with van der Waals surface area (Å²) in [6.07, 6.45) is 0.626. The minimum Gasteiger partial charge on any atom is -0.207 e. The zero-order chi connectivity index (χ0) is 14.6. The van der Waals surface area contributed by atoms with Crippen LogP contribution in [0.3, 0.4) is 0 Å². The van der Waals surface area contributed by atoms with Crippen LogP contribution in [0.4, 0.5) is 4.39 Å². The van der Waals surface area contributed by atoms with E-state index in [1.807, 2.05) is 13.0 Å². The highest BCUT2D eigenvalue weighted by atomic mass is 35.5. The lowest BCUT2D eigenvalue weighted by atomic mass is 9.78. The molecule has 0 aliphatic heterocycles. The predicted octanol–water partition coefficient (Wildman–Crippen LogP) is 5.09. The standard InChI is InChI=1S/C17H17Cl2F/c1-13-5-7-15(8-6-13)17(11-18,12-19)10-14-3-2-4-16(20)9-14/h2-9H,10-12H2,1H3. The zero-order valence-electron chi connectivity index (χ0n) is 11.4. The Hall–Kier alpha value is -1.05. The Balaban J connectivity index is 2.36. The summed E-state index contributed by atoms with van der Waals surface area (Å²) >= 11 is 12.4. The molecule has 0 N–H and O–H groups in total. The molecule has 0 aromatic heterocycles. The number of hydrogen-bond donors (Lipinski definition) is 0. The molecule has 106 valence electrons. The summed E-state index contributed by atoms with van der Waals surface area (Å²) in [7, 11) is 0. The van der Waals surface area contributed by atoms with Crippen molar-refractivity contribution >= 4 is 23.2 Å². The molecule has 2 aromatic carbocycles. The Labute approximate surface area is 129 Å². The maximum atomic E-state index is 13.3. The molecule has 0 spiro atoms. The quantitative estimate of drug-likeness (QED) is 0.675. The van der Waals surface area contributed by atoms with E-state index in [0.29, 0.717) is 18.2 Å². The van der Waals surface area contributed by atoms with Crippen molar-refractivity contribution in [1.29, 1.82) is 0 Å². The summed E-state index contributed by atoms with van der Waals surface area (Å²) in [5.74, 6) is 0.566. The van der Waals surface area contributed by atoms with Crippen LogP contribution in [0.2, 0.25) is 0 Å². The molecule has 0 amide bonds. The molecule has 0 nitrogen and oxygen atoms in total. The second-order valence-corrected chi connectivity index (χ2v) is 5.75. The summed E-state index contributed by atoms with van der Waals surface area (Å²) in [5.41, 5.74) is 2.83. The second-order valence-electron chi connectivity index (χ2n) is 5.22. The fourth-order valence-electron chi connectivity index (χ4n) is 2.33. The lowest BCUT2D eigenvalue weighted by Gasteiger charge is -2.30. The number of halogens is 3. The molecule has 0 bridgehead atoms. The SMILES string of the molecule is Cc1ccc(C(CCl)(CCl)Cc2cccc(F)c2)cc1. The molecule has 0 fully saturated rings. The Morgan fingerprint density at radius 3 is 2.20 bits per heavy atom. The first-order valence-electron chi connectivity index (χ1n) is 6.53. The summed E-state index contributed by atoms with van der Waals surface area (Å²) in [5, 5.41) is 0. The average Bonchev–Trinajstić information content (AvgIpc) is 2.46. The highest BCUT2D eigenvalue weighted by Crippen LogP contribution is 2.32. The smallest absolute Gasteiger partial charge is 0.123 e. The van der Waals surface area contributed by atoms with E-state index in [0.717, 1.165) is 11.1 Å². The molecule has 0 saturated carbocycles. The molecule has 0 atom stereocenters. The first-order valence-corrected chi connectivity index (χ1v) is 7.60. The fraction of sp³-hybridized carbons (Fsp3) is 0.294. The lowest BCUT2D eigenvalue weighted by molar-refractivity contribution is 0.533. The average molecular weight is 311 g/mol. The minimum atomic E-state index is -0.370. The second kappa shape index (κ2) is 6.60. The van der Waals surface area contributed by atoms with Gasteiger partial charge in [-0.25, -0.2) is 4.39 Å². The van der Waals surface area contributed by atoms with Crippen LogP contribution in [0, 0.1) is 12.7 Å². The normalized spacial score (nSPS) is 11.6. The van der Waals surface area contributed by atoms with Gasteiger partial charge in [-0.2, -0.15) is 0 Å². The molecule has 0 aliphatic rings. The number of aryl methyl sites for hydroxylation is 1. The molecular formula is C17H17Cl2F. The monoisotopic (exact) mass is 310 g/mol. The number of rotatable bonds is 5. The first kappa shape index (κ1) is 15.3. The van der Waals surface area contributed by atoms with E-state index in [-0.39, 0.29) is 11.2 Å². The van der Waals surface area contributed by atoms with Crippen molar-refractivity contribution in [1.82, 2.24) is 0 Å². The van der Waals surface area contributed by atoms with Crippen molar-refractivity contribution in [2.75, 3.05) is 11.8 Å². The van der Waals surface area contributed by atoms with E-state index < -0.39 is 0 Å². The van der Waals surface area contributed by atoms with Crippen molar-refractivity contribution in [2.45, 2.75) is 18.8 Å². The van der Waals surface area contributed by atoms with Crippen LogP contribution in [0.15, 0.2) is 48.5 Å². The first-order chi connectivity index (χ1) is 9.59. The molecule has 0 saturated heterocycles. The van der Waals surface area contributed by atoms with Crippen LogP contribution in [0.25, 0.3) is 0 Å². The van der Waals surface area contributed by atoms with Gasteiger partial charge in [-0.3, -0.25) is 0 Å². The Morgan fingerprint density at radius 2 is 1.65 bits per heavy atom. The lowest BCUT2D eigenvalue weighted by Crippen LogP contribution is -2.33. The molecule has 3 heteroatoms. The molecule has 0 aliphatic carbocycles. The third-order valence-corrected chi connectivity index (χ3v) is 4.63. The van der Waals surface area contributed by atoms with Crippen LogP contribution < -0.4 is 0 Å². The van der Waals surface area contributed by atoms with Crippen LogP contribution in [-0.4, -0.2) is 11.8 Å². The van der Waals surface area contributed by atoms with Gasteiger partial charge in [0, 0.05) is 17.2 Å². The van der Waals surface area contributed by atoms with Gasteiger partial charge >= 0.3 is 0 Å². The zero-order valence-corrected chi connectivity index (χ0v) is 12.9. The van der Waals surface area contributed by atoms with Gasteiger partial charge < -0.3 is 0 Å². The fourth-order valence-corrected chi connectivity index (χ4v) is 3.11. The van der Waals surface area contributed by atoms with E-state index in [9.17, 15) is 4.39 Å². The summed E-state index contributed by atoms with van der Waals surface area (Å²) in [6.45, 7) is 2.04. The summed E-state index contributed by atoms with van der Waals surface area (Å²) in [6, 6.07) is 14.8. The third kappa shape index (κ3) is 3.34. The molecular weight excluding hydrogens is 294 g/mol. The number of hydrogen-bond acceptors (Lipinski definition) is 0.